The molecule has 0 N–H and O–H groups in total. The summed E-state index contributed by atoms with van der Waals surface area (Å²) >= 11 is 0. The van der Waals surface area contributed by atoms with E-state index in [4.69, 9.17) is 4.74 Å². The minimum absolute atomic E-state index is 0.456. The summed E-state index contributed by atoms with van der Waals surface area (Å²) in [6.45, 7) is 8.34. The van der Waals surface area contributed by atoms with E-state index >= 15 is 0 Å². The third-order valence-corrected chi connectivity index (χ3v) is 9.04. The van der Waals surface area contributed by atoms with Crippen LogP contribution in [0.15, 0.2) is 11.6 Å². The van der Waals surface area contributed by atoms with Gasteiger partial charge in [0.1, 0.15) is 0 Å². The van der Waals surface area contributed by atoms with Crippen LogP contribution < -0.4 is 0 Å². The van der Waals surface area contributed by atoms with Crippen LogP contribution in [0.3, 0.4) is 0 Å². The van der Waals surface area contributed by atoms with E-state index in [2.05, 4.69) is 26.8 Å². The Morgan fingerprint density at radius 3 is 2.54 bits per heavy atom. The SMILES string of the molecule is C/C=C1/CC[C@H]2[C@@H]3CC[C@@H]4C[C@@](C)(COC)CC[C@@H]4[C@H]3CC[C@]12C. The molecule has 136 valence electrons. The van der Waals surface area contributed by atoms with Crippen molar-refractivity contribution in [2.24, 2.45) is 40.4 Å². The van der Waals surface area contributed by atoms with Gasteiger partial charge in [-0.3, -0.25) is 0 Å². The second kappa shape index (κ2) is 6.15. The van der Waals surface area contributed by atoms with Gasteiger partial charge in [0.2, 0.25) is 0 Å². The van der Waals surface area contributed by atoms with Gasteiger partial charge in [0, 0.05) is 7.11 Å². The van der Waals surface area contributed by atoms with Crippen LogP contribution in [0.2, 0.25) is 0 Å². The predicted molar refractivity (Wildman–Crippen MR) is 101 cm³/mol. The van der Waals surface area contributed by atoms with Gasteiger partial charge >= 0.3 is 0 Å². The van der Waals surface area contributed by atoms with Gasteiger partial charge < -0.3 is 4.74 Å². The summed E-state index contributed by atoms with van der Waals surface area (Å²) in [6.07, 6.45) is 15.6. The van der Waals surface area contributed by atoms with Crippen molar-refractivity contribution in [2.45, 2.75) is 78.6 Å². The van der Waals surface area contributed by atoms with Crippen LogP contribution in [0.1, 0.15) is 78.6 Å². The molecule has 0 heterocycles. The smallest absolute Gasteiger partial charge is 0.0516 e. The van der Waals surface area contributed by atoms with E-state index in [1.807, 2.05) is 7.11 Å². The van der Waals surface area contributed by atoms with Crippen molar-refractivity contribution in [1.82, 2.24) is 0 Å². The van der Waals surface area contributed by atoms with E-state index in [0.717, 1.165) is 36.2 Å². The summed E-state index contributed by atoms with van der Waals surface area (Å²) in [4.78, 5) is 0. The Hall–Kier alpha value is -0.300. The van der Waals surface area contributed by atoms with Crippen LogP contribution in [0.4, 0.5) is 0 Å². The first kappa shape index (κ1) is 17.1. The molecule has 4 fully saturated rings. The molecule has 0 aromatic rings. The summed E-state index contributed by atoms with van der Waals surface area (Å²) in [5, 5.41) is 0. The highest BCUT2D eigenvalue weighted by Crippen LogP contribution is 2.64. The van der Waals surface area contributed by atoms with Crippen LogP contribution >= 0.6 is 0 Å². The third kappa shape index (κ3) is 2.52. The highest BCUT2D eigenvalue weighted by molar-refractivity contribution is 5.23. The Labute approximate surface area is 149 Å². The second-order valence-electron chi connectivity index (χ2n) is 10.2. The van der Waals surface area contributed by atoms with Crippen LogP contribution in [0, 0.1) is 40.4 Å². The maximum atomic E-state index is 5.56. The molecule has 0 aromatic carbocycles. The van der Waals surface area contributed by atoms with Crippen molar-refractivity contribution in [3.05, 3.63) is 11.6 Å². The summed E-state index contributed by atoms with van der Waals surface area (Å²) in [5.74, 6) is 5.11. The number of methoxy groups -OCH3 is 1. The van der Waals surface area contributed by atoms with Crippen molar-refractivity contribution in [3.8, 4) is 0 Å². The largest absolute Gasteiger partial charge is 0.384 e. The van der Waals surface area contributed by atoms with Crippen LogP contribution in [-0.2, 0) is 4.74 Å². The molecule has 0 radical (unpaired) electrons. The first-order valence-electron chi connectivity index (χ1n) is 10.7. The molecule has 0 aliphatic heterocycles. The number of ether oxygens (including phenoxy) is 1. The lowest BCUT2D eigenvalue weighted by molar-refractivity contribution is -0.0730. The lowest BCUT2D eigenvalue weighted by atomic mass is 9.48. The van der Waals surface area contributed by atoms with E-state index < -0.39 is 0 Å². The number of fused-ring (bicyclic) bond motifs is 5. The molecular formula is C23H38O. The Balaban J connectivity index is 1.52. The van der Waals surface area contributed by atoms with E-state index in [0.29, 0.717) is 10.8 Å². The van der Waals surface area contributed by atoms with E-state index in [-0.39, 0.29) is 0 Å². The van der Waals surface area contributed by atoms with Gasteiger partial charge in [-0.1, -0.05) is 25.5 Å². The first-order valence-corrected chi connectivity index (χ1v) is 10.7. The van der Waals surface area contributed by atoms with Gasteiger partial charge in [-0.05, 0) is 105 Å². The van der Waals surface area contributed by atoms with Gasteiger partial charge in [0.25, 0.3) is 0 Å². The molecule has 0 bridgehead atoms. The van der Waals surface area contributed by atoms with E-state index in [9.17, 15) is 0 Å². The molecule has 24 heavy (non-hydrogen) atoms. The number of hydrogen-bond donors (Lipinski definition) is 0. The fourth-order valence-electron chi connectivity index (χ4n) is 7.99. The van der Waals surface area contributed by atoms with E-state index in [1.165, 1.54) is 57.8 Å². The number of rotatable bonds is 2. The van der Waals surface area contributed by atoms with Crippen molar-refractivity contribution in [2.75, 3.05) is 13.7 Å². The zero-order chi connectivity index (χ0) is 16.9. The lowest BCUT2D eigenvalue weighted by Gasteiger charge is -2.57. The minimum Gasteiger partial charge on any atom is -0.384 e. The maximum Gasteiger partial charge on any atom is 0.0516 e. The van der Waals surface area contributed by atoms with Crippen LogP contribution in [-0.4, -0.2) is 13.7 Å². The molecule has 4 aliphatic carbocycles. The standard InChI is InChI=1S/C23H38O/c1-5-17-7-9-21-20-8-6-16-14-22(2,15-24-4)12-10-18(16)19(20)11-13-23(17,21)3/h5,16,18-21H,6-15H2,1-4H3/b17-5-/t16-,18+,19-,20-,21+,22+,23-/m1/s1. The summed E-state index contributed by atoms with van der Waals surface area (Å²) < 4.78 is 5.56. The minimum atomic E-state index is 0.456. The van der Waals surface area contributed by atoms with E-state index in [1.54, 1.807) is 5.57 Å². The fraction of sp³-hybridized carbons (Fsp3) is 0.913. The zero-order valence-electron chi connectivity index (χ0n) is 16.4. The molecule has 4 aliphatic rings. The van der Waals surface area contributed by atoms with Gasteiger partial charge in [0.15, 0.2) is 0 Å². The van der Waals surface area contributed by atoms with Crippen molar-refractivity contribution in [3.63, 3.8) is 0 Å². The highest BCUT2D eigenvalue weighted by atomic mass is 16.5. The van der Waals surface area contributed by atoms with Gasteiger partial charge in [-0.15, -0.1) is 0 Å². The molecule has 1 heteroatoms. The molecular weight excluding hydrogens is 292 g/mol. The average Bonchev–Trinajstić information content (AvgIpc) is 2.90. The quantitative estimate of drug-likeness (QED) is 0.545. The summed E-state index contributed by atoms with van der Waals surface area (Å²) in [6, 6.07) is 0. The fourth-order valence-corrected chi connectivity index (χ4v) is 7.99. The Morgan fingerprint density at radius 1 is 1.00 bits per heavy atom. The molecule has 0 amide bonds. The zero-order valence-corrected chi connectivity index (χ0v) is 16.4. The molecule has 0 saturated heterocycles. The number of hydrogen-bond acceptors (Lipinski definition) is 1. The molecule has 0 unspecified atom stereocenters. The average molecular weight is 331 g/mol. The molecule has 0 aromatic heterocycles. The topological polar surface area (TPSA) is 9.23 Å². The van der Waals surface area contributed by atoms with Crippen molar-refractivity contribution in [1.29, 1.82) is 0 Å². The highest BCUT2D eigenvalue weighted by Gasteiger charge is 2.55. The van der Waals surface area contributed by atoms with Crippen molar-refractivity contribution >= 4 is 0 Å². The van der Waals surface area contributed by atoms with Gasteiger partial charge in [0.05, 0.1) is 6.61 Å². The number of allylic oxidation sites excluding steroid dienone is 2. The summed E-state index contributed by atoms with van der Waals surface area (Å²) in [7, 11) is 1.88. The lowest BCUT2D eigenvalue weighted by Crippen LogP contribution is -2.49. The normalized spacial score (nSPS) is 52.7. The van der Waals surface area contributed by atoms with Crippen LogP contribution in [0.25, 0.3) is 0 Å². The molecule has 4 rings (SSSR count). The van der Waals surface area contributed by atoms with Crippen molar-refractivity contribution < 1.29 is 4.74 Å². The third-order valence-electron chi connectivity index (χ3n) is 9.04. The molecule has 4 saturated carbocycles. The molecule has 7 atom stereocenters. The van der Waals surface area contributed by atoms with Gasteiger partial charge in [-0.2, -0.15) is 0 Å². The first-order chi connectivity index (χ1) is 11.5. The monoisotopic (exact) mass is 330 g/mol. The Morgan fingerprint density at radius 2 is 1.79 bits per heavy atom. The second-order valence-corrected chi connectivity index (χ2v) is 10.2. The van der Waals surface area contributed by atoms with Gasteiger partial charge in [-0.25, -0.2) is 0 Å². The predicted octanol–water partition coefficient (Wildman–Crippen LogP) is 6.24. The molecule has 0 spiro atoms. The van der Waals surface area contributed by atoms with Crippen LogP contribution in [0.5, 0.6) is 0 Å². The Bertz CT molecular complexity index is 508. The summed E-state index contributed by atoms with van der Waals surface area (Å²) in [5.41, 5.74) is 2.81. The maximum absolute atomic E-state index is 5.56. The Kier molecular flexibility index (Phi) is 4.39. The molecule has 1 nitrogen and oxygen atoms in total.